The number of aromatic nitrogens is 1. The van der Waals surface area contributed by atoms with Crippen molar-refractivity contribution in [3.05, 3.63) is 22.9 Å². The highest BCUT2D eigenvalue weighted by molar-refractivity contribution is 5.92. The molecule has 76 valence electrons. The Morgan fingerprint density at radius 1 is 1.64 bits per heavy atom. The average Bonchev–Trinajstić information content (AvgIpc) is 2.07. The van der Waals surface area contributed by atoms with Gasteiger partial charge in [0.1, 0.15) is 5.82 Å². The molecular formula is C8H8F2N2O2. The van der Waals surface area contributed by atoms with Crippen LogP contribution >= 0.6 is 0 Å². The number of carboxylic acids is 1. The fourth-order valence-electron chi connectivity index (χ4n) is 1.15. The summed E-state index contributed by atoms with van der Waals surface area (Å²) < 4.78 is 24.9. The van der Waals surface area contributed by atoms with Gasteiger partial charge in [0, 0.05) is 6.20 Å². The molecule has 0 atom stereocenters. The first-order chi connectivity index (χ1) is 6.45. The minimum atomic E-state index is -2.94. The summed E-state index contributed by atoms with van der Waals surface area (Å²) in [5, 5.41) is 8.70. The van der Waals surface area contributed by atoms with Gasteiger partial charge in [-0.25, -0.2) is 18.6 Å². The Balaban J connectivity index is 3.50. The number of nitrogens with two attached hydrogens (primary N) is 1. The topological polar surface area (TPSA) is 76.2 Å². The summed E-state index contributed by atoms with van der Waals surface area (Å²) in [4.78, 5) is 14.2. The Hall–Kier alpha value is -1.72. The fourth-order valence-corrected chi connectivity index (χ4v) is 1.15. The van der Waals surface area contributed by atoms with E-state index in [4.69, 9.17) is 10.8 Å². The van der Waals surface area contributed by atoms with Crippen molar-refractivity contribution in [2.75, 3.05) is 5.73 Å². The van der Waals surface area contributed by atoms with Crippen LogP contribution in [0, 0.1) is 6.92 Å². The number of hydrogen-bond acceptors (Lipinski definition) is 3. The molecule has 0 saturated carbocycles. The fraction of sp³-hybridized carbons (Fsp3) is 0.250. The van der Waals surface area contributed by atoms with Crippen molar-refractivity contribution in [1.82, 2.24) is 4.98 Å². The zero-order valence-electron chi connectivity index (χ0n) is 7.29. The van der Waals surface area contributed by atoms with E-state index in [2.05, 4.69) is 4.98 Å². The van der Waals surface area contributed by atoms with E-state index in [-0.39, 0.29) is 5.56 Å². The Bertz CT molecular complexity index is 380. The number of nitrogen functional groups attached to an aromatic ring is 1. The molecule has 1 aromatic rings. The van der Waals surface area contributed by atoms with Crippen molar-refractivity contribution >= 4 is 11.8 Å². The van der Waals surface area contributed by atoms with Crippen molar-refractivity contribution < 1.29 is 18.7 Å². The molecule has 0 radical (unpaired) electrons. The zero-order valence-corrected chi connectivity index (χ0v) is 7.29. The normalized spacial score (nSPS) is 10.6. The molecule has 0 bridgehead atoms. The highest BCUT2D eigenvalue weighted by Crippen LogP contribution is 2.28. The van der Waals surface area contributed by atoms with Gasteiger partial charge in [0.05, 0.1) is 11.1 Å². The SMILES string of the molecule is Cc1cnc(N)c(C(F)F)c1C(=O)O. The first kappa shape index (κ1) is 10.4. The van der Waals surface area contributed by atoms with Crippen LogP contribution in [0.2, 0.25) is 0 Å². The standard InChI is InChI=1S/C8H8F2N2O2/c1-3-2-12-7(11)5(6(9)10)4(3)8(13)14/h2,6H,1H3,(H2,11,12)(H,13,14). The minimum absolute atomic E-state index is 0.169. The van der Waals surface area contributed by atoms with Crippen molar-refractivity contribution in [3.63, 3.8) is 0 Å². The van der Waals surface area contributed by atoms with Gasteiger partial charge in [0.2, 0.25) is 0 Å². The summed E-state index contributed by atoms with van der Waals surface area (Å²) in [6, 6.07) is 0. The molecular weight excluding hydrogens is 194 g/mol. The number of halogens is 2. The second kappa shape index (κ2) is 3.57. The maximum atomic E-state index is 12.4. The molecule has 0 aliphatic heterocycles. The van der Waals surface area contributed by atoms with Crippen LogP contribution in [0.25, 0.3) is 0 Å². The number of hydrogen-bond donors (Lipinski definition) is 2. The minimum Gasteiger partial charge on any atom is -0.478 e. The summed E-state index contributed by atoms with van der Waals surface area (Å²) in [5.74, 6) is -1.87. The predicted molar refractivity (Wildman–Crippen MR) is 45.3 cm³/mol. The summed E-state index contributed by atoms with van der Waals surface area (Å²) >= 11 is 0. The van der Waals surface area contributed by atoms with Crippen molar-refractivity contribution in [2.24, 2.45) is 0 Å². The first-order valence-electron chi connectivity index (χ1n) is 3.71. The van der Waals surface area contributed by atoms with Gasteiger partial charge in [-0.1, -0.05) is 0 Å². The highest BCUT2D eigenvalue weighted by atomic mass is 19.3. The van der Waals surface area contributed by atoms with Gasteiger partial charge in [0.25, 0.3) is 6.43 Å². The van der Waals surface area contributed by atoms with E-state index < -0.39 is 29.3 Å². The smallest absolute Gasteiger partial charge is 0.336 e. The Morgan fingerprint density at radius 3 is 2.57 bits per heavy atom. The van der Waals surface area contributed by atoms with E-state index in [1.54, 1.807) is 0 Å². The molecule has 0 aliphatic rings. The third kappa shape index (κ3) is 1.63. The van der Waals surface area contributed by atoms with E-state index >= 15 is 0 Å². The van der Waals surface area contributed by atoms with Gasteiger partial charge in [0.15, 0.2) is 0 Å². The number of aryl methyl sites for hydroxylation is 1. The van der Waals surface area contributed by atoms with Crippen LogP contribution in [0.3, 0.4) is 0 Å². The van der Waals surface area contributed by atoms with Crippen LogP contribution in [-0.4, -0.2) is 16.1 Å². The zero-order chi connectivity index (χ0) is 10.9. The molecule has 0 fully saturated rings. The van der Waals surface area contributed by atoms with E-state index in [1.807, 2.05) is 0 Å². The molecule has 4 nitrogen and oxygen atoms in total. The summed E-state index contributed by atoms with van der Waals surface area (Å²) in [5.41, 5.74) is 4.17. The maximum absolute atomic E-state index is 12.4. The largest absolute Gasteiger partial charge is 0.478 e. The lowest BCUT2D eigenvalue weighted by Crippen LogP contribution is -2.10. The summed E-state index contributed by atoms with van der Waals surface area (Å²) in [7, 11) is 0. The van der Waals surface area contributed by atoms with Crippen molar-refractivity contribution in [3.8, 4) is 0 Å². The van der Waals surface area contributed by atoms with Gasteiger partial charge in [-0.3, -0.25) is 0 Å². The summed E-state index contributed by atoms with van der Waals surface area (Å²) in [6.45, 7) is 1.39. The number of alkyl halides is 2. The molecule has 14 heavy (non-hydrogen) atoms. The third-order valence-corrected chi connectivity index (χ3v) is 1.77. The van der Waals surface area contributed by atoms with Crippen LogP contribution < -0.4 is 5.73 Å². The number of aromatic carboxylic acids is 1. The molecule has 0 spiro atoms. The molecule has 0 aliphatic carbocycles. The van der Waals surface area contributed by atoms with Crippen LogP contribution in [0.4, 0.5) is 14.6 Å². The molecule has 6 heteroatoms. The molecule has 1 rings (SSSR count). The van der Waals surface area contributed by atoms with Crippen LogP contribution in [0.15, 0.2) is 6.20 Å². The van der Waals surface area contributed by atoms with Crippen LogP contribution in [0.1, 0.15) is 27.9 Å². The molecule has 3 N–H and O–H groups in total. The van der Waals surface area contributed by atoms with Gasteiger partial charge in [-0.05, 0) is 12.5 Å². The number of nitrogens with zero attached hydrogens (tertiary/aromatic N) is 1. The van der Waals surface area contributed by atoms with E-state index in [9.17, 15) is 13.6 Å². The second-order valence-electron chi connectivity index (χ2n) is 2.72. The quantitative estimate of drug-likeness (QED) is 0.763. The molecule has 0 saturated heterocycles. The first-order valence-corrected chi connectivity index (χ1v) is 3.71. The second-order valence-corrected chi connectivity index (χ2v) is 2.72. The third-order valence-electron chi connectivity index (χ3n) is 1.77. The Labute approximate surface area is 78.4 Å². The lowest BCUT2D eigenvalue weighted by molar-refractivity contribution is 0.0683. The maximum Gasteiger partial charge on any atom is 0.336 e. The van der Waals surface area contributed by atoms with Crippen LogP contribution in [0.5, 0.6) is 0 Å². The van der Waals surface area contributed by atoms with Gasteiger partial charge in [-0.2, -0.15) is 0 Å². The Kier molecular flexibility index (Phi) is 2.64. The van der Waals surface area contributed by atoms with Gasteiger partial charge < -0.3 is 10.8 Å². The number of pyridine rings is 1. The number of rotatable bonds is 2. The monoisotopic (exact) mass is 202 g/mol. The van der Waals surface area contributed by atoms with E-state index in [0.29, 0.717) is 0 Å². The van der Waals surface area contributed by atoms with Crippen LogP contribution in [-0.2, 0) is 0 Å². The molecule has 0 unspecified atom stereocenters. The Morgan fingerprint density at radius 2 is 2.21 bits per heavy atom. The predicted octanol–water partition coefficient (Wildman–Crippen LogP) is 1.61. The number of anilines is 1. The molecule has 1 heterocycles. The lowest BCUT2D eigenvalue weighted by Gasteiger charge is -2.09. The number of carbonyl (C=O) groups is 1. The molecule has 0 aromatic carbocycles. The van der Waals surface area contributed by atoms with Crippen molar-refractivity contribution in [2.45, 2.75) is 13.3 Å². The van der Waals surface area contributed by atoms with Gasteiger partial charge >= 0.3 is 5.97 Å². The lowest BCUT2D eigenvalue weighted by atomic mass is 10.1. The average molecular weight is 202 g/mol. The van der Waals surface area contributed by atoms with E-state index in [0.717, 1.165) is 6.20 Å². The van der Waals surface area contributed by atoms with E-state index in [1.165, 1.54) is 6.92 Å². The molecule has 1 aromatic heterocycles. The highest BCUT2D eigenvalue weighted by Gasteiger charge is 2.23. The molecule has 0 amide bonds. The number of carboxylic acid groups (broad SMARTS) is 1. The van der Waals surface area contributed by atoms with Gasteiger partial charge in [-0.15, -0.1) is 0 Å². The summed E-state index contributed by atoms with van der Waals surface area (Å²) in [6.07, 6.45) is -1.78. The van der Waals surface area contributed by atoms with Crippen molar-refractivity contribution in [1.29, 1.82) is 0 Å².